The van der Waals surface area contributed by atoms with Crippen LogP contribution in [-0.2, 0) is 11.3 Å². The van der Waals surface area contributed by atoms with Gasteiger partial charge in [-0.25, -0.2) is 0 Å². The number of carbonyl (C=O) groups excluding carboxylic acids is 1. The van der Waals surface area contributed by atoms with Crippen molar-refractivity contribution in [1.29, 1.82) is 0 Å². The number of aromatic nitrogens is 1. The molecule has 1 amide bonds. The van der Waals surface area contributed by atoms with Crippen molar-refractivity contribution in [3.63, 3.8) is 0 Å². The van der Waals surface area contributed by atoms with Crippen molar-refractivity contribution in [2.24, 2.45) is 0 Å². The van der Waals surface area contributed by atoms with Crippen LogP contribution in [0.25, 0.3) is 0 Å². The molecule has 9 heteroatoms. The van der Waals surface area contributed by atoms with Gasteiger partial charge in [-0.05, 0) is 19.1 Å². The molecule has 1 aromatic carbocycles. The molecule has 1 aliphatic heterocycles. The van der Waals surface area contributed by atoms with Crippen LogP contribution in [0.15, 0.2) is 34.4 Å². The molecule has 8 nitrogen and oxygen atoms in total. The van der Waals surface area contributed by atoms with Gasteiger partial charge in [-0.2, -0.15) is 0 Å². The quantitative estimate of drug-likeness (QED) is 0.607. The number of hydrogen-bond acceptors (Lipinski definition) is 6. The Morgan fingerprint density at radius 1 is 1.20 bits per heavy atom. The van der Waals surface area contributed by atoms with Gasteiger partial charge in [0.05, 0.1) is 4.92 Å². The molecule has 1 fully saturated rings. The van der Waals surface area contributed by atoms with E-state index in [1.807, 2.05) is 6.92 Å². The second-order valence-electron chi connectivity index (χ2n) is 5.87. The number of nitro benzene ring substituents is 1. The van der Waals surface area contributed by atoms with Crippen LogP contribution >= 0.6 is 11.3 Å². The lowest BCUT2D eigenvalue weighted by atomic mass is 10.2. The van der Waals surface area contributed by atoms with Gasteiger partial charge in [0.15, 0.2) is 0 Å². The van der Waals surface area contributed by atoms with Crippen LogP contribution in [-0.4, -0.2) is 46.5 Å². The molecule has 132 valence electrons. The molecule has 1 aromatic heterocycles. The highest BCUT2D eigenvalue weighted by atomic mass is 32.1. The number of thiazole rings is 1. The molecule has 0 atom stereocenters. The molecule has 0 bridgehead atoms. The largest absolute Gasteiger partial charge is 0.368 e. The number of amides is 1. The zero-order valence-corrected chi connectivity index (χ0v) is 14.6. The normalized spacial score (nSPS) is 14.6. The minimum atomic E-state index is -0.422. The summed E-state index contributed by atoms with van der Waals surface area (Å²) in [5.74, 6) is -0.0630. The third-order valence-corrected chi connectivity index (χ3v) is 5.21. The van der Waals surface area contributed by atoms with Gasteiger partial charge in [-0.1, -0.05) is 11.3 Å². The van der Waals surface area contributed by atoms with E-state index in [0.717, 1.165) is 22.7 Å². The van der Waals surface area contributed by atoms with Crippen molar-refractivity contribution < 1.29 is 9.72 Å². The van der Waals surface area contributed by atoms with Crippen LogP contribution in [0.1, 0.15) is 5.69 Å². The zero-order valence-electron chi connectivity index (χ0n) is 13.8. The van der Waals surface area contributed by atoms with Crippen molar-refractivity contribution in [1.82, 2.24) is 9.47 Å². The minimum Gasteiger partial charge on any atom is -0.368 e. The fourth-order valence-corrected chi connectivity index (χ4v) is 3.57. The van der Waals surface area contributed by atoms with Crippen LogP contribution in [0.4, 0.5) is 11.4 Å². The van der Waals surface area contributed by atoms with Crippen LogP contribution < -0.4 is 9.77 Å². The molecule has 0 N–H and O–H groups in total. The number of piperazine rings is 1. The third kappa shape index (κ3) is 3.71. The van der Waals surface area contributed by atoms with E-state index >= 15 is 0 Å². The lowest BCUT2D eigenvalue weighted by molar-refractivity contribution is -0.384. The zero-order chi connectivity index (χ0) is 18.0. The van der Waals surface area contributed by atoms with Gasteiger partial charge in [0.25, 0.3) is 5.69 Å². The highest BCUT2D eigenvalue weighted by Crippen LogP contribution is 2.20. The van der Waals surface area contributed by atoms with Crippen molar-refractivity contribution >= 4 is 28.6 Å². The molecule has 0 unspecified atom stereocenters. The van der Waals surface area contributed by atoms with E-state index in [0.29, 0.717) is 26.2 Å². The van der Waals surface area contributed by atoms with E-state index in [-0.39, 0.29) is 23.0 Å². The monoisotopic (exact) mass is 362 g/mol. The Hall–Kier alpha value is -2.68. The van der Waals surface area contributed by atoms with Gasteiger partial charge >= 0.3 is 4.87 Å². The number of anilines is 1. The van der Waals surface area contributed by atoms with Crippen LogP contribution in [0.2, 0.25) is 0 Å². The van der Waals surface area contributed by atoms with E-state index in [2.05, 4.69) is 4.90 Å². The third-order valence-electron chi connectivity index (χ3n) is 4.33. The van der Waals surface area contributed by atoms with Crippen molar-refractivity contribution in [2.45, 2.75) is 13.5 Å². The molecular formula is C16H18N4O4S. The highest BCUT2D eigenvalue weighted by Gasteiger charge is 2.22. The molecule has 25 heavy (non-hydrogen) atoms. The first-order valence-corrected chi connectivity index (χ1v) is 8.76. The summed E-state index contributed by atoms with van der Waals surface area (Å²) in [7, 11) is 0. The number of carbonyl (C=O) groups is 1. The van der Waals surface area contributed by atoms with Gasteiger partial charge in [0.2, 0.25) is 5.91 Å². The van der Waals surface area contributed by atoms with E-state index < -0.39 is 4.92 Å². The number of benzene rings is 1. The lowest BCUT2D eigenvalue weighted by Crippen LogP contribution is -2.50. The maximum atomic E-state index is 12.4. The average Bonchev–Trinajstić information content (AvgIpc) is 2.94. The average molecular weight is 362 g/mol. The molecule has 0 radical (unpaired) electrons. The van der Waals surface area contributed by atoms with Crippen LogP contribution in [0.3, 0.4) is 0 Å². The number of rotatable bonds is 4. The van der Waals surface area contributed by atoms with Crippen molar-refractivity contribution in [2.75, 3.05) is 31.1 Å². The molecule has 1 aliphatic rings. The van der Waals surface area contributed by atoms with Gasteiger partial charge < -0.3 is 9.80 Å². The topological polar surface area (TPSA) is 88.7 Å². The summed E-state index contributed by atoms with van der Waals surface area (Å²) >= 11 is 1.10. The molecule has 0 aliphatic carbocycles. The Morgan fingerprint density at radius 2 is 1.84 bits per heavy atom. The maximum Gasteiger partial charge on any atom is 0.307 e. The second kappa shape index (κ2) is 7.06. The Bertz CT molecular complexity index is 835. The van der Waals surface area contributed by atoms with Gasteiger partial charge in [-0.15, -0.1) is 0 Å². The summed E-state index contributed by atoms with van der Waals surface area (Å²) in [4.78, 5) is 38.2. The van der Waals surface area contributed by atoms with Crippen LogP contribution in [0.5, 0.6) is 0 Å². The minimum absolute atomic E-state index is 0.0630. The summed E-state index contributed by atoms with van der Waals surface area (Å²) < 4.78 is 1.50. The van der Waals surface area contributed by atoms with Gasteiger partial charge in [-0.3, -0.25) is 24.3 Å². The molecule has 0 saturated carbocycles. The van der Waals surface area contributed by atoms with Gasteiger partial charge in [0.1, 0.15) is 6.54 Å². The molecule has 2 aromatic rings. The number of nitrogens with zero attached hydrogens (tertiary/aromatic N) is 4. The standard InChI is InChI=1S/C16H18N4O4S/c1-12-11-25-16(22)19(12)10-15(21)18-8-6-17(7-9-18)13-2-4-14(5-3-13)20(23)24/h2-5,11H,6-10H2,1H3. The van der Waals surface area contributed by atoms with E-state index in [4.69, 9.17) is 0 Å². The SMILES string of the molecule is Cc1csc(=O)n1CC(=O)N1CCN(c2ccc([N+](=O)[O-])cc2)CC1. The summed E-state index contributed by atoms with van der Waals surface area (Å²) in [5, 5.41) is 12.5. The lowest BCUT2D eigenvalue weighted by Gasteiger charge is -2.36. The summed E-state index contributed by atoms with van der Waals surface area (Å²) in [6.45, 7) is 4.33. The van der Waals surface area contributed by atoms with E-state index in [9.17, 15) is 19.7 Å². The van der Waals surface area contributed by atoms with E-state index in [1.54, 1.807) is 22.4 Å². The van der Waals surface area contributed by atoms with Crippen LogP contribution in [0, 0.1) is 17.0 Å². The highest BCUT2D eigenvalue weighted by molar-refractivity contribution is 7.07. The Balaban J connectivity index is 1.59. The fraction of sp³-hybridized carbons (Fsp3) is 0.375. The Kier molecular flexibility index (Phi) is 4.84. The second-order valence-corrected chi connectivity index (χ2v) is 6.69. The van der Waals surface area contributed by atoms with Crippen molar-refractivity contribution in [3.8, 4) is 0 Å². The predicted molar refractivity (Wildman–Crippen MR) is 95.2 cm³/mol. The number of aryl methyl sites for hydroxylation is 1. The Labute approximate surface area is 148 Å². The molecular weight excluding hydrogens is 344 g/mol. The first-order chi connectivity index (χ1) is 12.0. The summed E-state index contributed by atoms with van der Waals surface area (Å²) in [6.07, 6.45) is 0. The summed E-state index contributed by atoms with van der Waals surface area (Å²) in [5.41, 5.74) is 1.77. The number of non-ortho nitro benzene ring substituents is 1. The summed E-state index contributed by atoms with van der Waals surface area (Å²) in [6, 6.07) is 6.42. The molecule has 3 rings (SSSR count). The molecule has 0 spiro atoms. The molecule has 1 saturated heterocycles. The smallest absolute Gasteiger partial charge is 0.307 e. The first-order valence-electron chi connectivity index (χ1n) is 7.88. The van der Waals surface area contributed by atoms with Crippen molar-refractivity contribution in [3.05, 3.63) is 55.1 Å². The Morgan fingerprint density at radius 3 is 2.36 bits per heavy atom. The number of hydrogen-bond donors (Lipinski definition) is 0. The predicted octanol–water partition coefficient (Wildman–Crippen LogP) is 1.48. The fourth-order valence-electron chi connectivity index (χ4n) is 2.83. The first kappa shape index (κ1) is 17.2. The van der Waals surface area contributed by atoms with E-state index in [1.165, 1.54) is 16.7 Å². The maximum absolute atomic E-state index is 12.4. The number of nitro groups is 1. The molecule has 2 heterocycles. The van der Waals surface area contributed by atoms with Gasteiger partial charge in [0, 0.05) is 55.1 Å².